The van der Waals surface area contributed by atoms with Gasteiger partial charge in [0, 0.05) is 5.92 Å². The molecule has 0 aromatic heterocycles. The summed E-state index contributed by atoms with van der Waals surface area (Å²) in [7, 11) is 0. The van der Waals surface area contributed by atoms with E-state index in [1.165, 1.54) is 4.31 Å². The molecule has 98 valence electrons. The van der Waals surface area contributed by atoms with E-state index in [0.717, 1.165) is 0 Å². The van der Waals surface area contributed by atoms with Gasteiger partial charge in [0.05, 0.1) is 25.9 Å². The van der Waals surface area contributed by atoms with E-state index >= 15 is 0 Å². The molecule has 0 saturated carbocycles. The van der Waals surface area contributed by atoms with E-state index < -0.39 is 23.0 Å². The van der Waals surface area contributed by atoms with Gasteiger partial charge in [-0.1, -0.05) is 0 Å². The molecule has 0 aromatic carbocycles. The van der Waals surface area contributed by atoms with Crippen LogP contribution in [0.15, 0.2) is 0 Å². The maximum Gasteiger partial charge on any atom is 0.424 e. The molecule has 2 unspecified atom stereocenters. The molecule has 0 N–H and O–H groups in total. The van der Waals surface area contributed by atoms with E-state index in [1.54, 1.807) is 20.8 Å². The number of hydrogen-bond acceptors (Lipinski definition) is 5. The smallest absolute Gasteiger partial charge is 0.424 e. The summed E-state index contributed by atoms with van der Waals surface area (Å²) in [5.74, 6) is 0.189. The Morgan fingerprint density at radius 1 is 1.35 bits per heavy atom. The molecule has 0 aliphatic carbocycles. The van der Waals surface area contributed by atoms with Crippen molar-refractivity contribution in [2.45, 2.75) is 32.4 Å². The van der Waals surface area contributed by atoms with Gasteiger partial charge in [-0.2, -0.15) is 4.31 Å². The van der Waals surface area contributed by atoms with Crippen molar-refractivity contribution in [3.63, 3.8) is 0 Å². The fourth-order valence-electron chi connectivity index (χ4n) is 1.67. The van der Waals surface area contributed by atoms with E-state index in [-0.39, 0.29) is 18.6 Å². The zero-order valence-corrected chi connectivity index (χ0v) is 11.0. The van der Waals surface area contributed by atoms with Gasteiger partial charge in [0.15, 0.2) is 0 Å². The minimum atomic E-state index is -1.74. The topological polar surface area (TPSA) is 65.1 Å². The molecular formula is C10H17NO5S. The Morgan fingerprint density at radius 2 is 2.00 bits per heavy atom. The van der Waals surface area contributed by atoms with Crippen molar-refractivity contribution in [1.82, 2.24) is 4.31 Å². The van der Waals surface area contributed by atoms with Crippen molar-refractivity contribution in [3.05, 3.63) is 0 Å². The van der Waals surface area contributed by atoms with Gasteiger partial charge in [0.2, 0.25) is 0 Å². The first kappa shape index (κ1) is 12.8. The zero-order valence-electron chi connectivity index (χ0n) is 10.2. The number of nitrogens with zero attached hydrogens (tertiary/aromatic N) is 1. The summed E-state index contributed by atoms with van der Waals surface area (Å²) in [5, 5.41) is 0. The second-order valence-electron chi connectivity index (χ2n) is 5.17. The van der Waals surface area contributed by atoms with Gasteiger partial charge in [-0.3, -0.25) is 4.18 Å². The molecule has 2 rings (SSSR count). The molecule has 2 aliphatic heterocycles. The number of ether oxygens (including phenoxy) is 2. The van der Waals surface area contributed by atoms with Crippen molar-refractivity contribution >= 4 is 17.4 Å². The van der Waals surface area contributed by atoms with Crippen molar-refractivity contribution < 1.29 is 22.7 Å². The molecular weight excluding hydrogens is 246 g/mol. The zero-order chi connectivity index (χ0) is 12.6. The minimum Gasteiger partial charge on any atom is -0.443 e. The Kier molecular flexibility index (Phi) is 3.42. The Balaban J connectivity index is 2.05. The van der Waals surface area contributed by atoms with E-state index in [9.17, 15) is 9.00 Å². The van der Waals surface area contributed by atoms with Gasteiger partial charge >= 0.3 is 6.09 Å². The SMILES string of the molecule is CC(C)(C)OC(=O)N1C(C2COC2)COS1=O. The highest BCUT2D eigenvalue weighted by Crippen LogP contribution is 2.28. The normalized spacial score (nSPS) is 30.2. The van der Waals surface area contributed by atoms with Crippen LogP contribution in [0.25, 0.3) is 0 Å². The van der Waals surface area contributed by atoms with Crippen LogP contribution < -0.4 is 0 Å². The third kappa shape index (κ3) is 2.78. The first-order valence-corrected chi connectivity index (χ1v) is 6.57. The molecule has 17 heavy (non-hydrogen) atoms. The van der Waals surface area contributed by atoms with Crippen LogP contribution in [-0.2, 0) is 24.9 Å². The summed E-state index contributed by atoms with van der Waals surface area (Å²) in [4.78, 5) is 11.9. The van der Waals surface area contributed by atoms with Crippen LogP contribution in [-0.4, -0.2) is 46.1 Å². The Hall–Kier alpha value is -0.660. The van der Waals surface area contributed by atoms with Crippen molar-refractivity contribution in [3.8, 4) is 0 Å². The van der Waals surface area contributed by atoms with Crippen LogP contribution in [0.4, 0.5) is 4.79 Å². The molecule has 2 aliphatic rings. The van der Waals surface area contributed by atoms with Crippen LogP contribution >= 0.6 is 0 Å². The number of amides is 1. The van der Waals surface area contributed by atoms with Gasteiger partial charge in [-0.15, -0.1) is 0 Å². The number of carbonyl (C=O) groups is 1. The highest BCUT2D eigenvalue weighted by atomic mass is 32.2. The molecule has 0 bridgehead atoms. The monoisotopic (exact) mass is 263 g/mol. The lowest BCUT2D eigenvalue weighted by atomic mass is 9.99. The average molecular weight is 263 g/mol. The maximum atomic E-state index is 11.9. The minimum absolute atomic E-state index is 0.189. The lowest BCUT2D eigenvalue weighted by Gasteiger charge is -2.34. The van der Waals surface area contributed by atoms with Crippen molar-refractivity contribution in [2.75, 3.05) is 19.8 Å². The standard InChI is InChI=1S/C10H17NO5S/c1-10(2,3)16-9(12)11-8(6-15-17(11)13)7-4-14-5-7/h7-8H,4-6H2,1-3H3. The Morgan fingerprint density at radius 3 is 2.47 bits per heavy atom. The van der Waals surface area contributed by atoms with E-state index in [2.05, 4.69) is 0 Å². The summed E-state index contributed by atoms with van der Waals surface area (Å²) in [6.07, 6.45) is -0.592. The average Bonchev–Trinajstić information content (AvgIpc) is 2.41. The third-order valence-electron chi connectivity index (χ3n) is 2.58. The second-order valence-corrected chi connectivity index (χ2v) is 6.24. The molecule has 2 atom stereocenters. The maximum absolute atomic E-state index is 11.9. The Bertz CT molecular complexity index is 336. The molecule has 0 aromatic rings. The van der Waals surface area contributed by atoms with Gasteiger partial charge < -0.3 is 9.47 Å². The molecule has 0 spiro atoms. The van der Waals surface area contributed by atoms with E-state index in [1.807, 2.05) is 0 Å². The number of rotatable bonds is 1. The van der Waals surface area contributed by atoms with Crippen LogP contribution in [0.1, 0.15) is 20.8 Å². The second kappa shape index (κ2) is 4.55. The predicted molar refractivity (Wildman–Crippen MR) is 60.3 cm³/mol. The third-order valence-corrected chi connectivity index (χ3v) is 3.66. The quantitative estimate of drug-likeness (QED) is 0.701. The van der Waals surface area contributed by atoms with Crippen LogP contribution in [0, 0.1) is 5.92 Å². The van der Waals surface area contributed by atoms with Gasteiger partial charge in [-0.25, -0.2) is 9.00 Å². The van der Waals surface area contributed by atoms with E-state index in [4.69, 9.17) is 13.7 Å². The predicted octanol–water partition coefficient (Wildman–Crippen LogP) is 0.847. The summed E-state index contributed by atoms with van der Waals surface area (Å²) in [5.41, 5.74) is -0.607. The molecule has 2 saturated heterocycles. The molecule has 2 heterocycles. The van der Waals surface area contributed by atoms with Gasteiger partial charge in [0.1, 0.15) is 5.60 Å². The summed E-state index contributed by atoms with van der Waals surface area (Å²) in [6, 6.07) is -0.209. The molecule has 1 amide bonds. The van der Waals surface area contributed by atoms with Gasteiger partial charge in [0.25, 0.3) is 11.3 Å². The molecule has 6 nitrogen and oxygen atoms in total. The lowest BCUT2D eigenvalue weighted by Crippen LogP contribution is -2.50. The van der Waals surface area contributed by atoms with Crippen LogP contribution in [0.5, 0.6) is 0 Å². The summed E-state index contributed by atoms with van der Waals surface area (Å²) in [6.45, 7) is 6.74. The number of hydrogen-bond donors (Lipinski definition) is 0. The van der Waals surface area contributed by atoms with Crippen LogP contribution in [0.2, 0.25) is 0 Å². The summed E-state index contributed by atoms with van der Waals surface area (Å²) >= 11 is -1.74. The largest absolute Gasteiger partial charge is 0.443 e. The highest BCUT2D eigenvalue weighted by molar-refractivity contribution is 7.78. The van der Waals surface area contributed by atoms with E-state index in [0.29, 0.717) is 13.2 Å². The first-order chi connectivity index (χ1) is 7.88. The highest BCUT2D eigenvalue weighted by Gasteiger charge is 2.45. The van der Waals surface area contributed by atoms with Crippen molar-refractivity contribution in [1.29, 1.82) is 0 Å². The summed E-state index contributed by atoms with van der Waals surface area (Å²) < 4.78 is 28.1. The first-order valence-electron chi connectivity index (χ1n) is 5.53. The van der Waals surface area contributed by atoms with Crippen LogP contribution in [0.3, 0.4) is 0 Å². The molecule has 0 radical (unpaired) electrons. The van der Waals surface area contributed by atoms with Crippen molar-refractivity contribution in [2.24, 2.45) is 5.92 Å². The Labute approximate surface area is 103 Å². The lowest BCUT2D eigenvalue weighted by molar-refractivity contribution is -0.0627. The molecule has 2 fully saturated rings. The fraction of sp³-hybridized carbons (Fsp3) is 0.900. The number of carbonyl (C=O) groups excluding carboxylic acids is 1. The molecule has 7 heteroatoms. The fourth-order valence-corrected chi connectivity index (χ4v) is 2.65. The van der Waals surface area contributed by atoms with Gasteiger partial charge in [-0.05, 0) is 20.8 Å².